The van der Waals surface area contributed by atoms with E-state index < -0.39 is 8.69 Å². The van der Waals surface area contributed by atoms with E-state index in [1.54, 1.807) is 0 Å². The van der Waals surface area contributed by atoms with E-state index in [9.17, 15) is 4.57 Å². The Bertz CT molecular complexity index is 124. The molecule has 0 fully saturated rings. The molecule has 3 heteroatoms. The lowest BCUT2D eigenvalue weighted by Crippen LogP contribution is -2.19. The van der Waals surface area contributed by atoms with Gasteiger partial charge in [0.15, 0.2) is 0 Å². The molecule has 0 radical (unpaired) electrons. The third-order valence-electron chi connectivity index (χ3n) is 1.95. The zero-order valence-corrected chi connectivity index (χ0v) is 9.35. The van der Waals surface area contributed by atoms with E-state index in [2.05, 4.69) is 6.92 Å². The lowest BCUT2D eigenvalue weighted by Gasteiger charge is -2.15. The molecule has 2 nitrogen and oxygen atoms in total. The Morgan fingerprint density at radius 3 is 2.42 bits per heavy atom. The average molecular weight is 191 g/mol. The summed E-state index contributed by atoms with van der Waals surface area (Å²) in [6.07, 6.45) is 5.97. The summed E-state index contributed by atoms with van der Waals surface area (Å²) in [5.41, 5.74) is -0.200. The van der Waals surface area contributed by atoms with Crippen molar-refractivity contribution in [1.82, 2.24) is 0 Å². The largest absolute Gasteiger partial charge is 0.494 e. The van der Waals surface area contributed by atoms with E-state index in [-0.39, 0.29) is 5.60 Å². The molecule has 0 aliphatic rings. The van der Waals surface area contributed by atoms with Gasteiger partial charge in [-0.3, -0.25) is 0 Å². The smallest absolute Gasteiger partial charge is 0.142 e. The fourth-order valence-electron chi connectivity index (χ4n) is 1.14. The molecule has 0 N–H and O–H groups in total. The summed E-state index contributed by atoms with van der Waals surface area (Å²) in [6, 6.07) is 0. The first-order valence-corrected chi connectivity index (χ1v) is 5.49. The summed E-state index contributed by atoms with van der Waals surface area (Å²) in [5, 5.41) is 0. The Kier molecular flexibility index (Phi) is 6.60. The summed E-state index contributed by atoms with van der Waals surface area (Å²) < 4.78 is 15.3. The molecular formula is C9H20O2P+. The van der Waals surface area contributed by atoms with Crippen molar-refractivity contribution in [3.05, 3.63) is 0 Å². The predicted octanol–water partition coefficient (Wildman–Crippen LogP) is 3.69. The molecular weight excluding hydrogens is 171 g/mol. The van der Waals surface area contributed by atoms with Crippen molar-refractivity contribution in [2.45, 2.75) is 58.5 Å². The Morgan fingerprint density at radius 1 is 1.25 bits per heavy atom. The van der Waals surface area contributed by atoms with Gasteiger partial charge in [-0.15, -0.1) is 4.52 Å². The van der Waals surface area contributed by atoms with Gasteiger partial charge in [-0.1, -0.05) is 32.6 Å². The molecule has 0 aromatic rings. The van der Waals surface area contributed by atoms with Gasteiger partial charge in [0.1, 0.15) is 5.60 Å². The van der Waals surface area contributed by atoms with Crippen LogP contribution < -0.4 is 0 Å². The Morgan fingerprint density at radius 2 is 1.92 bits per heavy atom. The standard InChI is InChI=1S/C9H20O2P/c1-4-5-6-7-8-9(2,3)11-12-10/h12H,4-8H2,1-3H3/q+1. The molecule has 72 valence electrons. The second-order valence-corrected chi connectivity index (χ2v) is 4.13. The van der Waals surface area contributed by atoms with Crippen molar-refractivity contribution in [3.63, 3.8) is 0 Å². The molecule has 0 aromatic carbocycles. The van der Waals surface area contributed by atoms with Gasteiger partial charge >= 0.3 is 8.69 Å². The Hall–Kier alpha value is 0.0600. The highest BCUT2D eigenvalue weighted by atomic mass is 31.1. The molecule has 12 heavy (non-hydrogen) atoms. The van der Waals surface area contributed by atoms with Crippen LogP contribution in [0.4, 0.5) is 0 Å². The first-order chi connectivity index (χ1) is 5.62. The summed E-state index contributed by atoms with van der Waals surface area (Å²) in [4.78, 5) is 0. The number of rotatable bonds is 7. The van der Waals surface area contributed by atoms with Gasteiger partial charge in [-0.25, -0.2) is 0 Å². The molecule has 1 unspecified atom stereocenters. The monoisotopic (exact) mass is 191 g/mol. The van der Waals surface area contributed by atoms with Crippen LogP contribution >= 0.6 is 8.69 Å². The van der Waals surface area contributed by atoms with Crippen molar-refractivity contribution < 1.29 is 9.09 Å². The highest BCUT2D eigenvalue weighted by Crippen LogP contribution is 2.22. The van der Waals surface area contributed by atoms with Gasteiger partial charge in [0.2, 0.25) is 0 Å². The van der Waals surface area contributed by atoms with Crippen LogP contribution in [0.2, 0.25) is 0 Å². The quantitative estimate of drug-likeness (QED) is 0.453. The van der Waals surface area contributed by atoms with Crippen molar-refractivity contribution in [2.24, 2.45) is 0 Å². The topological polar surface area (TPSA) is 26.3 Å². The lowest BCUT2D eigenvalue weighted by atomic mass is 10.0. The highest BCUT2D eigenvalue weighted by Gasteiger charge is 2.22. The summed E-state index contributed by atoms with van der Waals surface area (Å²) in [7, 11) is -0.629. The number of hydrogen-bond acceptors (Lipinski definition) is 2. The Balaban J connectivity index is 3.39. The second-order valence-electron chi connectivity index (χ2n) is 3.76. The van der Waals surface area contributed by atoms with Gasteiger partial charge in [-0.05, 0) is 24.8 Å². The highest BCUT2D eigenvalue weighted by molar-refractivity contribution is 7.17. The predicted molar refractivity (Wildman–Crippen MR) is 52.9 cm³/mol. The van der Waals surface area contributed by atoms with E-state index >= 15 is 0 Å². The van der Waals surface area contributed by atoms with Crippen LogP contribution in [0.1, 0.15) is 52.9 Å². The fraction of sp³-hybridized carbons (Fsp3) is 1.00. The molecule has 1 atom stereocenters. The first kappa shape index (κ1) is 12.1. The summed E-state index contributed by atoms with van der Waals surface area (Å²) in [6.45, 7) is 6.17. The van der Waals surface area contributed by atoms with Crippen LogP contribution in [0.3, 0.4) is 0 Å². The molecule has 0 aromatic heterocycles. The second kappa shape index (κ2) is 6.56. The third-order valence-corrected chi connectivity index (χ3v) is 2.59. The van der Waals surface area contributed by atoms with Crippen LogP contribution in [0.15, 0.2) is 0 Å². The molecule has 0 aliphatic heterocycles. The number of hydrogen-bond donors (Lipinski definition) is 0. The maximum Gasteiger partial charge on any atom is 0.494 e. The molecule has 0 saturated heterocycles. The lowest BCUT2D eigenvalue weighted by molar-refractivity contribution is 0.113. The normalized spacial score (nSPS) is 12.2. The van der Waals surface area contributed by atoms with Crippen LogP contribution in [0.25, 0.3) is 0 Å². The first-order valence-electron chi connectivity index (χ1n) is 4.67. The van der Waals surface area contributed by atoms with E-state index in [0.29, 0.717) is 0 Å². The van der Waals surface area contributed by atoms with Gasteiger partial charge in [-0.2, -0.15) is 0 Å². The SMILES string of the molecule is CCCCCCC(C)(C)O[PH+]=O. The zero-order chi connectivity index (χ0) is 9.45. The van der Waals surface area contributed by atoms with Crippen LogP contribution in [0.5, 0.6) is 0 Å². The van der Waals surface area contributed by atoms with E-state index in [0.717, 1.165) is 6.42 Å². The van der Waals surface area contributed by atoms with Crippen molar-refractivity contribution in [3.8, 4) is 0 Å². The van der Waals surface area contributed by atoms with Gasteiger partial charge in [0, 0.05) is 0 Å². The van der Waals surface area contributed by atoms with E-state index in [1.807, 2.05) is 13.8 Å². The van der Waals surface area contributed by atoms with E-state index in [1.165, 1.54) is 25.7 Å². The van der Waals surface area contributed by atoms with E-state index in [4.69, 9.17) is 4.52 Å². The van der Waals surface area contributed by atoms with Crippen molar-refractivity contribution >= 4 is 8.69 Å². The number of unbranched alkanes of at least 4 members (excludes halogenated alkanes) is 3. The molecule has 0 rings (SSSR count). The maximum absolute atomic E-state index is 10.2. The summed E-state index contributed by atoms with van der Waals surface area (Å²) >= 11 is 0. The minimum Gasteiger partial charge on any atom is -0.142 e. The van der Waals surface area contributed by atoms with Crippen molar-refractivity contribution in [1.29, 1.82) is 0 Å². The molecule has 0 spiro atoms. The van der Waals surface area contributed by atoms with Gasteiger partial charge < -0.3 is 0 Å². The van der Waals surface area contributed by atoms with Crippen LogP contribution in [-0.4, -0.2) is 5.60 Å². The molecule has 0 heterocycles. The molecule has 0 bridgehead atoms. The van der Waals surface area contributed by atoms with Crippen LogP contribution in [0, 0.1) is 0 Å². The minimum absolute atomic E-state index is 0.200. The van der Waals surface area contributed by atoms with Gasteiger partial charge in [0.25, 0.3) is 0 Å². The van der Waals surface area contributed by atoms with Crippen LogP contribution in [-0.2, 0) is 9.09 Å². The maximum atomic E-state index is 10.2. The molecule has 0 amide bonds. The Labute approximate surface area is 77.0 Å². The van der Waals surface area contributed by atoms with Crippen molar-refractivity contribution in [2.75, 3.05) is 0 Å². The summed E-state index contributed by atoms with van der Waals surface area (Å²) in [5.74, 6) is 0. The molecule has 0 saturated carbocycles. The zero-order valence-electron chi connectivity index (χ0n) is 8.35. The molecule has 0 aliphatic carbocycles. The van der Waals surface area contributed by atoms with Gasteiger partial charge in [0.05, 0.1) is 0 Å². The third kappa shape index (κ3) is 6.75. The fourth-order valence-corrected chi connectivity index (χ4v) is 1.47. The minimum atomic E-state index is -0.629. The average Bonchev–Trinajstić information content (AvgIpc) is 1.98.